The van der Waals surface area contributed by atoms with Gasteiger partial charge in [0, 0.05) is 176 Å². The number of ketones is 5. The normalized spacial score (nSPS) is 9.62. The molecule has 0 aliphatic carbocycles. The van der Waals surface area contributed by atoms with Crippen LogP contribution in [0.4, 0.5) is 0 Å². The molecule has 6 heterocycles. The Morgan fingerprint density at radius 1 is 0.331 bits per heavy atom. The summed E-state index contributed by atoms with van der Waals surface area (Å²) < 4.78 is 1.28. The molecular weight excluding hydrogens is 2730 g/mol. The number of carbonyl (C=O) groups excluding carboxylic acids is 5. The number of aryl methyl sites for hydroxylation is 1. The number of aromatic nitrogens is 4. The van der Waals surface area contributed by atoms with Crippen molar-refractivity contribution in [3.63, 3.8) is 0 Å². The van der Waals surface area contributed by atoms with Crippen LogP contribution in [0.5, 0.6) is 0 Å². The van der Waals surface area contributed by atoms with Gasteiger partial charge in [0.15, 0.2) is 28.9 Å². The molecule has 0 atom stereocenters. The van der Waals surface area contributed by atoms with Crippen LogP contribution in [0.2, 0.25) is 0 Å². The van der Waals surface area contributed by atoms with Crippen LogP contribution in [0.15, 0.2) is 332 Å². The van der Waals surface area contributed by atoms with Crippen LogP contribution in [0.1, 0.15) is 74.8 Å². The number of allylic oxidation sites excluding steroid dienone is 10. The fraction of sp³-hybridized carbons (Fsp3) is 0.102. The van der Waals surface area contributed by atoms with Gasteiger partial charge in [-0.3, -0.25) is 46.6 Å². The molecule has 6 aromatic heterocycles. The minimum atomic E-state index is -0.125. The summed E-state index contributed by atoms with van der Waals surface area (Å²) in [6.45, 7) is 16.3. The predicted molar refractivity (Wildman–Crippen MR) is 507 cm³/mol. The number of thiophene rings is 2. The molecular formula is C108H90Ir6N4O10S2-8. The number of fused-ring (bicyclic) bond motifs is 7. The molecule has 0 bridgehead atoms. The number of nitrogens with zero attached hydrogens (tertiary/aromatic N) is 4. The van der Waals surface area contributed by atoms with E-state index in [4.69, 9.17) is 38.4 Å². The number of terminal acetylenes is 2. The quantitative estimate of drug-likeness (QED) is 0.0297. The van der Waals surface area contributed by atoms with E-state index in [1.165, 1.54) is 137 Å². The van der Waals surface area contributed by atoms with Crippen molar-refractivity contribution in [3.05, 3.63) is 386 Å². The van der Waals surface area contributed by atoms with Crippen molar-refractivity contribution in [1.29, 1.82) is 0 Å². The molecule has 22 heteroatoms. The summed E-state index contributed by atoms with van der Waals surface area (Å²) in [5, 5.41) is 52.0. The molecule has 130 heavy (non-hydrogen) atoms. The van der Waals surface area contributed by atoms with Gasteiger partial charge in [-0.1, -0.05) is 84.4 Å². The Labute approximate surface area is 852 Å². The third-order valence-corrected chi connectivity index (χ3v) is 16.6. The predicted octanol–water partition coefficient (Wildman–Crippen LogP) is 24.4. The summed E-state index contributed by atoms with van der Waals surface area (Å²) in [5.41, 5.74) is 9.57. The van der Waals surface area contributed by atoms with Crippen LogP contribution in [-0.4, -0.2) is 74.4 Å². The number of aliphatic hydroxyl groups is 5. The van der Waals surface area contributed by atoms with Gasteiger partial charge in [0.05, 0.1) is 28.8 Å². The van der Waals surface area contributed by atoms with E-state index in [9.17, 15) is 24.0 Å². The number of pyridine rings is 4. The van der Waals surface area contributed by atoms with Gasteiger partial charge in [-0.15, -0.1) is 194 Å². The average Bonchev–Trinajstić information content (AvgIpc) is 1.06. The molecule has 0 aliphatic rings. The second-order valence-corrected chi connectivity index (χ2v) is 27.5. The Balaban J connectivity index is -0.00000136. The molecule has 0 saturated heterocycles. The second kappa shape index (κ2) is 72.9. The van der Waals surface area contributed by atoms with Gasteiger partial charge in [-0.25, -0.2) is 23.3 Å². The Morgan fingerprint density at radius 3 is 1.01 bits per heavy atom. The maximum atomic E-state index is 10.0. The zero-order chi connectivity index (χ0) is 90.7. The van der Waals surface area contributed by atoms with Gasteiger partial charge < -0.3 is 45.5 Å². The molecule has 0 spiro atoms. The first-order chi connectivity index (χ1) is 59.7. The maximum absolute atomic E-state index is 10.0. The van der Waals surface area contributed by atoms with E-state index in [2.05, 4.69) is 202 Å². The van der Waals surface area contributed by atoms with Crippen LogP contribution >= 0.6 is 22.7 Å². The summed E-state index contributed by atoms with van der Waals surface area (Å²) in [5.74, 6) is 18.1. The van der Waals surface area contributed by atoms with Crippen molar-refractivity contribution in [2.45, 2.75) is 76.2 Å². The van der Waals surface area contributed by atoms with Gasteiger partial charge in [0.2, 0.25) is 0 Å². The van der Waals surface area contributed by atoms with Crippen molar-refractivity contribution in [2.24, 2.45) is 0 Å². The monoisotopic (exact) mass is 2820 g/mol. The van der Waals surface area contributed by atoms with E-state index in [-0.39, 0.29) is 178 Å². The maximum Gasteiger partial charge on any atom is 0.155 e. The molecule has 15 aromatic rings. The SMILES string of the molecule is C#CC#CC#CC#CC#C.CC(=O)C=C(C)O.CC(=O)C=C(C)O.CC(=O)C=C(C)O.CC(=O)C=C(C)O.CC(=O)C=C(C)O.Cc1c[c-]c(-c2ccccn2)cc1.[Ir].[Ir].[Ir].[Ir].[Ir].[Ir].[c-]1cccc2ccc3cccnc3c12.[c-]1cccc2ccc3cccnc3c12.[c-]1ccccc1-c1[c-]c2ccccc2s1.[c-]1ccccc1-c1[c-]ccs1.[c-]1ccccc1-c1ccccn1. The topological polar surface area (TPSA) is 238 Å². The summed E-state index contributed by atoms with van der Waals surface area (Å²) in [6, 6.07) is 106. The van der Waals surface area contributed by atoms with Gasteiger partial charge >= 0.3 is 0 Å². The van der Waals surface area contributed by atoms with Gasteiger partial charge in [-0.2, -0.15) is 59.5 Å². The van der Waals surface area contributed by atoms with E-state index >= 15 is 0 Å². The van der Waals surface area contributed by atoms with Crippen molar-refractivity contribution in [1.82, 2.24) is 19.9 Å². The molecule has 0 saturated carbocycles. The first-order valence-corrected chi connectivity index (χ1v) is 39.5. The van der Waals surface area contributed by atoms with Crippen molar-refractivity contribution >= 4 is 105 Å². The second-order valence-electron chi connectivity index (χ2n) is 25.6. The smallest absolute Gasteiger partial charge is 0.155 e. The molecule has 6 radical (unpaired) electrons. The number of aliphatic hydroxyl groups excluding tert-OH is 5. The fourth-order valence-corrected chi connectivity index (χ4v) is 11.5. The number of carbonyl (C=O) groups is 5. The Kier molecular flexibility index (Phi) is 68.5. The number of hydrogen-bond acceptors (Lipinski definition) is 16. The number of hydrogen-bond donors (Lipinski definition) is 5. The third-order valence-electron chi connectivity index (χ3n) is 14.6. The first kappa shape index (κ1) is 122. The average molecular weight is 2820 g/mol. The zero-order valence-electron chi connectivity index (χ0n) is 72.4. The van der Waals surface area contributed by atoms with Crippen LogP contribution < -0.4 is 0 Å². The van der Waals surface area contributed by atoms with Crippen LogP contribution in [-0.2, 0) is 145 Å². The molecule has 0 fully saturated rings. The zero-order valence-corrected chi connectivity index (χ0v) is 88.4. The summed E-state index contributed by atoms with van der Waals surface area (Å²) >= 11 is 3.45. The fourth-order valence-electron chi connectivity index (χ4n) is 9.89. The standard InChI is InChI=1S/C14H8S.2C13H8N.C12H10N.C11H8N.C10H6S.C10H2.5C5H8O2.6Ir/c1-2-6-11(7-3-1)14-10-12-8-4-5-9-13(12)15-14;2*1-2-6-12-10(4-1)7-8-11-5-3-9-14-13(11)12;1-10-5-7-11(8-6-10)12-4-2-3-9-13-12;1-2-6-10(7-3-1)11-8-4-5-9-12-11;1-2-5-9(6-3-1)10-7-4-8-11-10;1-3-5-7-9-10-8-6-4-2;5*1-4(6)3-5(2)7;;;;;;/h1-6,8-9H;2*1-5,7-9H;2-7,9H,1H3;1-6,8-9H;1-5,8H;1-2H;5*3,6H,1-2H3;;;;;;/q-2;4*-1;-2;;;;;;;;;;;;. The molecule has 14 nitrogen and oxygen atoms in total. The molecule has 0 amide bonds. The van der Waals surface area contributed by atoms with E-state index in [1.54, 1.807) is 35.1 Å². The van der Waals surface area contributed by atoms with E-state index in [1.807, 2.05) is 182 Å². The minimum Gasteiger partial charge on any atom is -0.512 e. The molecule has 9 aromatic carbocycles. The number of rotatable bonds is 9. The van der Waals surface area contributed by atoms with Crippen molar-refractivity contribution in [2.75, 3.05) is 0 Å². The van der Waals surface area contributed by atoms with Crippen LogP contribution in [0.25, 0.3) is 96.8 Å². The Hall–Kier alpha value is -12.0. The van der Waals surface area contributed by atoms with E-state index in [0.717, 1.165) is 65.2 Å². The van der Waals surface area contributed by atoms with Gasteiger partial charge in [-0.05, 0) is 174 Å². The number of benzene rings is 9. The van der Waals surface area contributed by atoms with Crippen LogP contribution in [0, 0.1) is 116 Å². The molecule has 5 N–H and O–H groups in total. The Morgan fingerprint density at radius 2 is 0.677 bits per heavy atom. The minimum absolute atomic E-state index is 0. The molecule has 676 valence electrons. The van der Waals surface area contributed by atoms with E-state index < -0.39 is 0 Å². The molecule has 0 unspecified atom stereocenters. The van der Waals surface area contributed by atoms with Gasteiger partial charge in [0.25, 0.3) is 0 Å². The largest absolute Gasteiger partial charge is 0.512 e. The first-order valence-electron chi connectivity index (χ1n) is 37.8. The van der Waals surface area contributed by atoms with Crippen molar-refractivity contribution in [3.8, 4) is 104 Å². The van der Waals surface area contributed by atoms with Gasteiger partial charge in [0.1, 0.15) is 0 Å². The van der Waals surface area contributed by atoms with Crippen LogP contribution in [0.3, 0.4) is 0 Å². The summed E-state index contributed by atoms with van der Waals surface area (Å²) in [4.78, 5) is 69.6. The summed E-state index contributed by atoms with van der Waals surface area (Å²) in [7, 11) is 0. The summed E-state index contributed by atoms with van der Waals surface area (Å²) in [6.07, 6.45) is 22.7. The Bertz CT molecular complexity index is 5840. The third kappa shape index (κ3) is 53.7. The molecule has 0 aliphatic heterocycles. The molecule has 15 rings (SSSR count). The van der Waals surface area contributed by atoms with E-state index in [0.29, 0.717) is 0 Å². The van der Waals surface area contributed by atoms with Crippen molar-refractivity contribution < 1.29 is 170 Å².